The van der Waals surface area contributed by atoms with Crippen molar-refractivity contribution in [2.45, 2.75) is 6.42 Å². The van der Waals surface area contributed by atoms with Crippen LogP contribution in [0.25, 0.3) is 5.65 Å². The van der Waals surface area contributed by atoms with Gasteiger partial charge in [-0.05, 0) is 12.1 Å². The van der Waals surface area contributed by atoms with E-state index in [0.29, 0.717) is 16.4 Å². The Kier molecular flexibility index (Phi) is 2.57. The Morgan fingerprint density at radius 1 is 1.67 bits per heavy atom. The fraction of sp³-hybridized carbons (Fsp3) is 0.111. The summed E-state index contributed by atoms with van der Waals surface area (Å²) in [5, 5.41) is 0.553. The Morgan fingerprint density at radius 2 is 2.47 bits per heavy atom. The molecule has 0 atom stereocenters. The quantitative estimate of drug-likeness (QED) is 0.444. The largest absolute Gasteiger partial charge is 0.306 e. The van der Waals surface area contributed by atoms with Gasteiger partial charge in [0.05, 0.1) is 17.1 Å². The average molecular weight is 225 g/mol. The lowest BCUT2D eigenvalue weighted by molar-refractivity contribution is -0.120. The van der Waals surface area contributed by atoms with Crippen molar-refractivity contribution in [1.82, 2.24) is 14.8 Å². The van der Waals surface area contributed by atoms with E-state index < -0.39 is 0 Å². The van der Waals surface area contributed by atoms with Crippen LogP contribution in [0.1, 0.15) is 5.69 Å². The number of carbonyl (C=O) groups is 1. The number of hydrogen-bond acceptors (Lipinski definition) is 3. The summed E-state index contributed by atoms with van der Waals surface area (Å²) in [7, 11) is 0. The van der Waals surface area contributed by atoms with Gasteiger partial charge in [0.25, 0.3) is 0 Å². The lowest BCUT2D eigenvalue weighted by Crippen LogP contribution is -2.31. The van der Waals surface area contributed by atoms with Crippen LogP contribution in [0, 0.1) is 0 Å². The molecular weight excluding hydrogens is 216 g/mol. The van der Waals surface area contributed by atoms with Gasteiger partial charge in [0, 0.05) is 12.4 Å². The molecule has 0 saturated carbocycles. The number of pyridine rings is 1. The molecule has 5 nitrogen and oxygen atoms in total. The maximum Gasteiger partial charge on any atom is 0.239 e. The van der Waals surface area contributed by atoms with E-state index in [0.717, 1.165) is 0 Å². The van der Waals surface area contributed by atoms with Gasteiger partial charge in [-0.3, -0.25) is 10.2 Å². The maximum atomic E-state index is 11.0. The predicted octanol–water partition coefficient (Wildman–Crippen LogP) is 0.520. The number of nitrogens with zero attached hydrogens (tertiary/aromatic N) is 2. The van der Waals surface area contributed by atoms with Gasteiger partial charge < -0.3 is 4.40 Å². The SMILES string of the molecule is NNC(=O)Cc1cn2cccc(Cl)c2n1. The monoisotopic (exact) mass is 224 g/mol. The first-order chi connectivity index (χ1) is 7.20. The first-order valence-electron chi connectivity index (χ1n) is 4.32. The summed E-state index contributed by atoms with van der Waals surface area (Å²) in [6.07, 6.45) is 3.71. The van der Waals surface area contributed by atoms with Crippen LogP contribution in [-0.4, -0.2) is 15.3 Å². The molecule has 0 aliphatic carbocycles. The minimum atomic E-state index is -0.283. The van der Waals surface area contributed by atoms with Crippen molar-refractivity contribution < 1.29 is 4.79 Å². The van der Waals surface area contributed by atoms with Crippen molar-refractivity contribution >= 4 is 23.2 Å². The smallest absolute Gasteiger partial charge is 0.239 e. The molecule has 78 valence electrons. The van der Waals surface area contributed by atoms with E-state index in [4.69, 9.17) is 17.4 Å². The zero-order chi connectivity index (χ0) is 10.8. The van der Waals surface area contributed by atoms with Crippen LogP contribution < -0.4 is 11.3 Å². The summed E-state index contributed by atoms with van der Waals surface area (Å²) in [5.41, 5.74) is 3.32. The lowest BCUT2D eigenvalue weighted by Gasteiger charge is -1.93. The zero-order valence-electron chi connectivity index (χ0n) is 7.77. The average Bonchev–Trinajstić information content (AvgIpc) is 2.62. The van der Waals surface area contributed by atoms with Crippen LogP contribution in [0.5, 0.6) is 0 Å². The molecule has 2 aromatic heterocycles. The molecule has 6 heteroatoms. The zero-order valence-corrected chi connectivity index (χ0v) is 8.53. The van der Waals surface area contributed by atoms with E-state index in [1.165, 1.54) is 0 Å². The Hall–Kier alpha value is -1.59. The summed E-state index contributed by atoms with van der Waals surface area (Å²) >= 11 is 5.93. The minimum Gasteiger partial charge on any atom is -0.306 e. The van der Waals surface area contributed by atoms with E-state index >= 15 is 0 Å². The second-order valence-electron chi connectivity index (χ2n) is 3.06. The van der Waals surface area contributed by atoms with Crippen molar-refractivity contribution in [2.24, 2.45) is 5.84 Å². The van der Waals surface area contributed by atoms with E-state index in [1.54, 1.807) is 16.7 Å². The normalized spacial score (nSPS) is 10.5. The number of amides is 1. The van der Waals surface area contributed by atoms with Gasteiger partial charge >= 0.3 is 0 Å². The fourth-order valence-electron chi connectivity index (χ4n) is 1.33. The molecule has 0 radical (unpaired) electrons. The summed E-state index contributed by atoms with van der Waals surface area (Å²) < 4.78 is 1.77. The van der Waals surface area contributed by atoms with E-state index in [1.807, 2.05) is 12.3 Å². The molecule has 15 heavy (non-hydrogen) atoms. The van der Waals surface area contributed by atoms with E-state index in [-0.39, 0.29) is 12.3 Å². The Labute approximate surface area is 90.8 Å². The standard InChI is InChI=1S/C9H9ClN4O/c10-7-2-1-3-14-5-6(12-9(7)14)4-8(15)13-11/h1-3,5H,4,11H2,(H,13,15). The van der Waals surface area contributed by atoms with E-state index in [2.05, 4.69) is 10.4 Å². The number of hydrazine groups is 1. The van der Waals surface area contributed by atoms with Gasteiger partial charge in [-0.25, -0.2) is 10.8 Å². The Morgan fingerprint density at radius 3 is 3.13 bits per heavy atom. The number of nitrogens with two attached hydrogens (primary N) is 1. The molecule has 2 heterocycles. The van der Waals surface area contributed by atoms with E-state index in [9.17, 15) is 4.79 Å². The molecule has 3 N–H and O–H groups in total. The second-order valence-corrected chi connectivity index (χ2v) is 3.47. The molecule has 0 aliphatic heterocycles. The Bertz CT molecular complexity index is 508. The fourth-order valence-corrected chi connectivity index (χ4v) is 1.54. The van der Waals surface area contributed by atoms with Crippen molar-refractivity contribution in [2.75, 3.05) is 0 Å². The number of carbonyl (C=O) groups excluding carboxylic acids is 1. The van der Waals surface area contributed by atoms with Gasteiger partial charge in [-0.2, -0.15) is 0 Å². The minimum absolute atomic E-state index is 0.147. The number of nitrogens with one attached hydrogen (secondary N) is 1. The Balaban J connectivity index is 2.39. The van der Waals surface area contributed by atoms with Crippen LogP contribution in [0.4, 0.5) is 0 Å². The molecule has 0 spiro atoms. The van der Waals surface area contributed by atoms with Crippen molar-refractivity contribution in [1.29, 1.82) is 0 Å². The molecule has 0 saturated heterocycles. The number of imidazole rings is 1. The summed E-state index contributed by atoms with van der Waals surface area (Å²) in [6, 6.07) is 3.56. The molecule has 0 unspecified atom stereocenters. The van der Waals surface area contributed by atoms with Crippen LogP contribution in [-0.2, 0) is 11.2 Å². The number of fused-ring (bicyclic) bond motifs is 1. The molecular formula is C9H9ClN4O. The topological polar surface area (TPSA) is 72.4 Å². The third-order valence-electron chi connectivity index (χ3n) is 1.99. The number of aromatic nitrogens is 2. The van der Waals surface area contributed by atoms with Crippen LogP contribution in [0.3, 0.4) is 0 Å². The molecule has 2 rings (SSSR count). The molecule has 0 bridgehead atoms. The summed E-state index contributed by atoms with van der Waals surface area (Å²) in [5.74, 6) is 4.70. The molecule has 2 aromatic rings. The molecule has 0 aromatic carbocycles. The second kappa shape index (κ2) is 3.88. The molecule has 1 amide bonds. The highest BCUT2D eigenvalue weighted by Gasteiger charge is 2.07. The van der Waals surface area contributed by atoms with Gasteiger partial charge in [0.15, 0.2) is 5.65 Å². The van der Waals surface area contributed by atoms with Gasteiger partial charge in [0.2, 0.25) is 5.91 Å². The number of hydrogen-bond donors (Lipinski definition) is 2. The van der Waals surface area contributed by atoms with Crippen LogP contribution in [0.2, 0.25) is 5.02 Å². The maximum absolute atomic E-state index is 11.0. The molecule has 0 aliphatic rings. The highest BCUT2D eigenvalue weighted by Crippen LogP contribution is 2.16. The first kappa shape index (κ1) is 9.95. The third kappa shape index (κ3) is 1.93. The van der Waals surface area contributed by atoms with Gasteiger partial charge in [-0.15, -0.1) is 0 Å². The first-order valence-corrected chi connectivity index (χ1v) is 4.70. The third-order valence-corrected chi connectivity index (χ3v) is 2.28. The van der Waals surface area contributed by atoms with Crippen LogP contribution >= 0.6 is 11.6 Å². The summed E-state index contributed by atoms with van der Waals surface area (Å²) in [6.45, 7) is 0. The van der Waals surface area contributed by atoms with Crippen molar-refractivity contribution in [3.63, 3.8) is 0 Å². The van der Waals surface area contributed by atoms with Crippen LogP contribution in [0.15, 0.2) is 24.5 Å². The van der Waals surface area contributed by atoms with Gasteiger partial charge in [-0.1, -0.05) is 11.6 Å². The van der Waals surface area contributed by atoms with Gasteiger partial charge in [0.1, 0.15) is 0 Å². The van der Waals surface area contributed by atoms with Crippen molar-refractivity contribution in [3.05, 3.63) is 35.2 Å². The number of rotatable bonds is 2. The predicted molar refractivity (Wildman–Crippen MR) is 56.2 cm³/mol. The summed E-state index contributed by atoms with van der Waals surface area (Å²) in [4.78, 5) is 15.2. The molecule has 0 fully saturated rings. The highest BCUT2D eigenvalue weighted by atomic mass is 35.5. The van der Waals surface area contributed by atoms with Crippen molar-refractivity contribution in [3.8, 4) is 0 Å². The number of halogens is 1. The lowest BCUT2D eigenvalue weighted by atomic mass is 10.3. The highest BCUT2D eigenvalue weighted by molar-refractivity contribution is 6.33.